The maximum absolute atomic E-state index is 10.7. The van der Waals surface area contributed by atoms with Crippen LogP contribution in [0.4, 0.5) is 5.69 Å². The van der Waals surface area contributed by atoms with Crippen LogP contribution < -0.4 is 10.5 Å². The minimum absolute atomic E-state index is 0.00660. The summed E-state index contributed by atoms with van der Waals surface area (Å²) in [5.74, 6) is 1.06. The number of nitro benzene ring substituents is 1. The maximum Gasteiger partial charge on any atom is 0.273 e. The summed E-state index contributed by atoms with van der Waals surface area (Å²) in [5, 5.41) is 10.7. The Morgan fingerprint density at radius 2 is 1.90 bits per heavy atom. The first kappa shape index (κ1) is 14.0. The van der Waals surface area contributed by atoms with E-state index in [-0.39, 0.29) is 11.7 Å². The van der Waals surface area contributed by atoms with Gasteiger partial charge in [-0.15, -0.1) is 0 Å². The van der Waals surface area contributed by atoms with E-state index < -0.39 is 4.92 Å². The quantitative estimate of drug-likeness (QED) is 0.663. The second-order valence-corrected chi connectivity index (χ2v) is 4.44. The highest BCUT2D eigenvalue weighted by molar-refractivity contribution is 5.41. The van der Waals surface area contributed by atoms with Gasteiger partial charge in [0.05, 0.1) is 11.0 Å². The molecule has 1 atom stereocenters. The van der Waals surface area contributed by atoms with Gasteiger partial charge in [-0.3, -0.25) is 10.1 Å². The zero-order chi connectivity index (χ0) is 14.5. The van der Waals surface area contributed by atoms with Crippen LogP contribution in [0, 0.1) is 10.1 Å². The van der Waals surface area contributed by atoms with E-state index in [1.54, 1.807) is 12.1 Å². The van der Waals surface area contributed by atoms with E-state index in [9.17, 15) is 10.1 Å². The van der Waals surface area contributed by atoms with Crippen molar-refractivity contribution in [3.63, 3.8) is 0 Å². The standard InChI is InChI=1S/C15H16N2O3/c1-2-15(16)11-6-8-13(9-7-11)20-14-5-3-4-12(10-14)17(18)19/h3-10,15H,2,16H2,1H3. The lowest BCUT2D eigenvalue weighted by Gasteiger charge is -2.10. The molecule has 0 bridgehead atoms. The second-order valence-electron chi connectivity index (χ2n) is 4.44. The number of hydrogen-bond donors (Lipinski definition) is 1. The van der Waals surface area contributed by atoms with Gasteiger partial charge in [0.2, 0.25) is 0 Å². The first-order valence-electron chi connectivity index (χ1n) is 6.38. The van der Waals surface area contributed by atoms with E-state index in [0.29, 0.717) is 11.5 Å². The van der Waals surface area contributed by atoms with Gasteiger partial charge in [0.1, 0.15) is 11.5 Å². The Labute approximate surface area is 117 Å². The number of rotatable bonds is 5. The molecule has 0 saturated heterocycles. The van der Waals surface area contributed by atoms with Gasteiger partial charge in [-0.25, -0.2) is 0 Å². The third kappa shape index (κ3) is 3.33. The number of nitrogens with two attached hydrogens (primary N) is 1. The highest BCUT2D eigenvalue weighted by Crippen LogP contribution is 2.26. The number of ether oxygens (including phenoxy) is 1. The van der Waals surface area contributed by atoms with Crippen molar-refractivity contribution in [3.8, 4) is 11.5 Å². The Morgan fingerprint density at radius 3 is 2.50 bits per heavy atom. The van der Waals surface area contributed by atoms with E-state index in [1.165, 1.54) is 12.1 Å². The van der Waals surface area contributed by atoms with Gasteiger partial charge >= 0.3 is 0 Å². The van der Waals surface area contributed by atoms with Gasteiger partial charge in [0, 0.05) is 12.1 Å². The third-order valence-corrected chi connectivity index (χ3v) is 3.01. The maximum atomic E-state index is 10.7. The average molecular weight is 272 g/mol. The topological polar surface area (TPSA) is 78.4 Å². The van der Waals surface area contributed by atoms with Crippen molar-refractivity contribution >= 4 is 5.69 Å². The molecule has 0 amide bonds. The Kier molecular flexibility index (Phi) is 4.32. The molecular weight excluding hydrogens is 256 g/mol. The van der Waals surface area contributed by atoms with Crippen molar-refractivity contribution < 1.29 is 9.66 Å². The van der Waals surface area contributed by atoms with E-state index in [4.69, 9.17) is 10.5 Å². The fourth-order valence-corrected chi connectivity index (χ4v) is 1.82. The predicted octanol–water partition coefficient (Wildman–Crippen LogP) is 3.80. The molecule has 0 fully saturated rings. The van der Waals surface area contributed by atoms with E-state index in [1.807, 2.05) is 31.2 Å². The summed E-state index contributed by atoms with van der Waals surface area (Å²) in [6, 6.07) is 13.5. The summed E-state index contributed by atoms with van der Waals surface area (Å²) in [4.78, 5) is 10.2. The zero-order valence-corrected chi connectivity index (χ0v) is 11.2. The van der Waals surface area contributed by atoms with Crippen LogP contribution in [0.2, 0.25) is 0 Å². The van der Waals surface area contributed by atoms with Gasteiger partial charge < -0.3 is 10.5 Å². The zero-order valence-electron chi connectivity index (χ0n) is 11.2. The lowest BCUT2D eigenvalue weighted by Crippen LogP contribution is -2.07. The molecule has 20 heavy (non-hydrogen) atoms. The van der Waals surface area contributed by atoms with E-state index >= 15 is 0 Å². The second kappa shape index (κ2) is 6.16. The van der Waals surface area contributed by atoms with Crippen LogP contribution in [0.15, 0.2) is 48.5 Å². The van der Waals surface area contributed by atoms with Crippen molar-refractivity contribution in [1.82, 2.24) is 0 Å². The highest BCUT2D eigenvalue weighted by atomic mass is 16.6. The predicted molar refractivity (Wildman–Crippen MR) is 76.8 cm³/mol. The summed E-state index contributed by atoms with van der Waals surface area (Å²) >= 11 is 0. The smallest absolute Gasteiger partial charge is 0.273 e. The molecule has 2 aromatic carbocycles. The Hall–Kier alpha value is -2.40. The van der Waals surface area contributed by atoms with Gasteiger partial charge in [0.25, 0.3) is 5.69 Å². The molecule has 0 aliphatic carbocycles. The van der Waals surface area contributed by atoms with Crippen molar-refractivity contribution in [3.05, 3.63) is 64.2 Å². The molecular formula is C15H16N2O3. The third-order valence-electron chi connectivity index (χ3n) is 3.01. The first-order valence-corrected chi connectivity index (χ1v) is 6.38. The molecule has 0 aliphatic heterocycles. The molecule has 2 aromatic rings. The lowest BCUT2D eigenvalue weighted by molar-refractivity contribution is -0.384. The molecule has 5 nitrogen and oxygen atoms in total. The van der Waals surface area contributed by atoms with Crippen LogP contribution in [-0.4, -0.2) is 4.92 Å². The van der Waals surface area contributed by atoms with Gasteiger partial charge in [-0.2, -0.15) is 0 Å². The van der Waals surface area contributed by atoms with Crippen LogP contribution in [-0.2, 0) is 0 Å². The molecule has 0 aromatic heterocycles. The van der Waals surface area contributed by atoms with Crippen LogP contribution >= 0.6 is 0 Å². The highest BCUT2D eigenvalue weighted by Gasteiger charge is 2.07. The minimum Gasteiger partial charge on any atom is -0.457 e. The van der Waals surface area contributed by atoms with Crippen LogP contribution in [0.3, 0.4) is 0 Å². The van der Waals surface area contributed by atoms with Crippen molar-refractivity contribution in [2.75, 3.05) is 0 Å². The Morgan fingerprint density at radius 1 is 1.20 bits per heavy atom. The normalized spacial score (nSPS) is 11.9. The Bertz CT molecular complexity index is 596. The van der Waals surface area contributed by atoms with Crippen molar-refractivity contribution in [1.29, 1.82) is 0 Å². The van der Waals surface area contributed by atoms with Gasteiger partial charge in [0.15, 0.2) is 0 Å². The molecule has 0 aliphatic rings. The number of nitro groups is 1. The van der Waals surface area contributed by atoms with Crippen LogP contribution in [0.25, 0.3) is 0 Å². The average Bonchev–Trinajstić information content (AvgIpc) is 2.47. The number of nitrogens with zero attached hydrogens (tertiary/aromatic N) is 1. The van der Waals surface area contributed by atoms with Crippen LogP contribution in [0.1, 0.15) is 24.9 Å². The molecule has 0 spiro atoms. The molecule has 0 heterocycles. The van der Waals surface area contributed by atoms with Gasteiger partial charge in [-0.1, -0.05) is 25.1 Å². The summed E-state index contributed by atoms with van der Waals surface area (Å²) in [6.45, 7) is 2.03. The summed E-state index contributed by atoms with van der Waals surface area (Å²) in [6.07, 6.45) is 0.866. The van der Waals surface area contributed by atoms with Gasteiger partial charge in [-0.05, 0) is 30.2 Å². The molecule has 2 rings (SSSR count). The van der Waals surface area contributed by atoms with E-state index in [0.717, 1.165) is 12.0 Å². The number of hydrogen-bond acceptors (Lipinski definition) is 4. The SMILES string of the molecule is CCC(N)c1ccc(Oc2cccc([N+](=O)[O-])c2)cc1. The Balaban J connectivity index is 2.14. The largest absolute Gasteiger partial charge is 0.457 e. The van der Waals surface area contributed by atoms with Crippen LogP contribution in [0.5, 0.6) is 11.5 Å². The molecule has 104 valence electrons. The lowest BCUT2D eigenvalue weighted by atomic mass is 10.1. The molecule has 0 radical (unpaired) electrons. The minimum atomic E-state index is -0.448. The first-order chi connectivity index (χ1) is 9.60. The summed E-state index contributed by atoms with van der Waals surface area (Å²) in [7, 11) is 0. The van der Waals surface area contributed by atoms with Crippen molar-refractivity contribution in [2.24, 2.45) is 5.73 Å². The monoisotopic (exact) mass is 272 g/mol. The molecule has 0 saturated carbocycles. The number of benzene rings is 2. The van der Waals surface area contributed by atoms with E-state index in [2.05, 4.69) is 0 Å². The molecule has 2 N–H and O–H groups in total. The molecule has 1 unspecified atom stereocenters. The fraction of sp³-hybridized carbons (Fsp3) is 0.200. The fourth-order valence-electron chi connectivity index (χ4n) is 1.82. The summed E-state index contributed by atoms with van der Waals surface area (Å²) in [5.41, 5.74) is 6.98. The van der Waals surface area contributed by atoms with Crippen molar-refractivity contribution in [2.45, 2.75) is 19.4 Å². The number of non-ortho nitro benzene ring substituents is 1. The molecule has 5 heteroatoms. The summed E-state index contributed by atoms with van der Waals surface area (Å²) < 4.78 is 5.59.